The third kappa shape index (κ3) is 6.51. The SMILES string of the molecule is CCCNC(=O)NCCCN1CCCC(C)C1. The van der Waals surface area contributed by atoms with Crippen molar-refractivity contribution in [2.45, 2.75) is 39.5 Å². The molecule has 4 heteroatoms. The normalized spacial score (nSPS) is 21.2. The lowest BCUT2D eigenvalue weighted by molar-refractivity contribution is 0.181. The lowest BCUT2D eigenvalue weighted by atomic mass is 10.0. The van der Waals surface area contributed by atoms with Gasteiger partial charge in [-0.3, -0.25) is 0 Å². The number of hydrogen-bond donors (Lipinski definition) is 2. The first kappa shape index (κ1) is 14.3. The van der Waals surface area contributed by atoms with Crippen molar-refractivity contribution in [3.8, 4) is 0 Å². The number of amides is 2. The van der Waals surface area contributed by atoms with E-state index in [2.05, 4.69) is 29.4 Å². The summed E-state index contributed by atoms with van der Waals surface area (Å²) >= 11 is 0. The van der Waals surface area contributed by atoms with Crippen molar-refractivity contribution in [3.63, 3.8) is 0 Å². The zero-order valence-corrected chi connectivity index (χ0v) is 11.3. The summed E-state index contributed by atoms with van der Waals surface area (Å²) in [5, 5.41) is 5.71. The Balaban J connectivity index is 1.98. The first-order chi connectivity index (χ1) is 8.22. The molecule has 2 amide bonds. The summed E-state index contributed by atoms with van der Waals surface area (Å²) in [5.41, 5.74) is 0. The second-order valence-corrected chi connectivity index (χ2v) is 5.08. The highest BCUT2D eigenvalue weighted by Gasteiger charge is 2.15. The van der Waals surface area contributed by atoms with Gasteiger partial charge in [-0.25, -0.2) is 4.79 Å². The number of nitrogens with zero attached hydrogens (tertiary/aromatic N) is 1. The number of hydrogen-bond acceptors (Lipinski definition) is 2. The van der Waals surface area contributed by atoms with Gasteiger partial charge in [0.15, 0.2) is 0 Å². The topological polar surface area (TPSA) is 44.4 Å². The minimum Gasteiger partial charge on any atom is -0.338 e. The lowest BCUT2D eigenvalue weighted by Crippen LogP contribution is -2.39. The van der Waals surface area contributed by atoms with Gasteiger partial charge in [-0.1, -0.05) is 13.8 Å². The Morgan fingerprint density at radius 3 is 2.82 bits per heavy atom. The van der Waals surface area contributed by atoms with E-state index < -0.39 is 0 Å². The largest absolute Gasteiger partial charge is 0.338 e. The Kier molecular flexibility index (Phi) is 7.01. The van der Waals surface area contributed by atoms with Crippen LogP contribution in [0.15, 0.2) is 0 Å². The van der Waals surface area contributed by atoms with Gasteiger partial charge in [0.1, 0.15) is 0 Å². The van der Waals surface area contributed by atoms with Crippen LogP contribution in [-0.4, -0.2) is 43.7 Å². The molecular formula is C13H27N3O. The number of likely N-dealkylation sites (tertiary alicyclic amines) is 1. The molecular weight excluding hydrogens is 214 g/mol. The third-order valence-corrected chi connectivity index (χ3v) is 3.21. The summed E-state index contributed by atoms with van der Waals surface area (Å²) in [6.45, 7) is 9.48. The van der Waals surface area contributed by atoms with E-state index in [9.17, 15) is 4.79 Å². The number of urea groups is 1. The Hall–Kier alpha value is -0.770. The van der Waals surface area contributed by atoms with Crippen molar-refractivity contribution in [2.24, 2.45) is 5.92 Å². The van der Waals surface area contributed by atoms with Gasteiger partial charge in [-0.2, -0.15) is 0 Å². The van der Waals surface area contributed by atoms with Gasteiger partial charge in [0.2, 0.25) is 0 Å². The summed E-state index contributed by atoms with van der Waals surface area (Å²) in [4.78, 5) is 13.8. The molecule has 0 radical (unpaired) electrons. The Morgan fingerprint density at radius 1 is 1.35 bits per heavy atom. The standard InChI is InChI=1S/C13H27N3O/c1-3-7-14-13(17)15-8-5-10-16-9-4-6-12(2)11-16/h12H,3-11H2,1-2H3,(H2,14,15,17). The average Bonchev–Trinajstić information content (AvgIpc) is 2.32. The van der Waals surface area contributed by atoms with E-state index in [0.29, 0.717) is 0 Å². The summed E-state index contributed by atoms with van der Waals surface area (Å²) in [6.07, 6.45) is 4.73. The maximum absolute atomic E-state index is 11.3. The van der Waals surface area contributed by atoms with E-state index in [1.807, 2.05) is 0 Å². The molecule has 1 saturated heterocycles. The fourth-order valence-electron chi connectivity index (χ4n) is 2.30. The van der Waals surface area contributed by atoms with Crippen molar-refractivity contribution in [3.05, 3.63) is 0 Å². The van der Waals surface area contributed by atoms with E-state index in [-0.39, 0.29) is 6.03 Å². The summed E-state index contributed by atoms with van der Waals surface area (Å²) in [7, 11) is 0. The zero-order chi connectivity index (χ0) is 12.5. The minimum absolute atomic E-state index is 0.0288. The van der Waals surface area contributed by atoms with Gasteiger partial charge < -0.3 is 15.5 Å². The Bertz CT molecular complexity index is 221. The molecule has 1 aliphatic rings. The number of nitrogens with one attached hydrogen (secondary N) is 2. The van der Waals surface area contributed by atoms with E-state index in [1.165, 1.54) is 25.9 Å². The van der Waals surface area contributed by atoms with Crippen molar-refractivity contribution >= 4 is 6.03 Å². The predicted molar refractivity (Wildman–Crippen MR) is 71.1 cm³/mol. The van der Waals surface area contributed by atoms with Gasteiger partial charge in [0.05, 0.1) is 0 Å². The Labute approximate surface area is 105 Å². The zero-order valence-electron chi connectivity index (χ0n) is 11.3. The minimum atomic E-state index is -0.0288. The maximum Gasteiger partial charge on any atom is 0.314 e. The van der Waals surface area contributed by atoms with Crippen LogP contribution in [0.5, 0.6) is 0 Å². The molecule has 1 atom stereocenters. The lowest BCUT2D eigenvalue weighted by Gasteiger charge is -2.30. The van der Waals surface area contributed by atoms with Crippen LogP contribution in [0.3, 0.4) is 0 Å². The molecule has 17 heavy (non-hydrogen) atoms. The van der Waals surface area contributed by atoms with E-state index in [0.717, 1.165) is 38.4 Å². The third-order valence-electron chi connectivity index (χ3n) is 3.21. The highest BCUT2D eigenvalue weighted by Crippen LogP contribution is 2.15. The van der Waals surface area contributed by atoms with Gasteiger partial charge >= 0.3 is 6.03 Å². The first-order valence-electron chi connectivity index (χ1n) is 6.96. The summed E-state index contributed by atoms with van der Waals surface area (Å²) < 4.78 is 0. The fraction of sp³-hybridized carbons (Fsp3) is 0.923. The molecule has 0 aromatic heterocycles. The molecule has 4 nitrogen and oxygen atoms in total. The molecule has 0 saturated carbocycles. The van der Waals surface area contributed by atoms with Crippen LogP contribution in [0.4, 0.5) is 4.79 Å². The van der Waals surface area contributed by atoms with Gasteiger partial charge in [0.25, 0.3) is 0 Å². The molecule has 100 valence electrons. The molecule has 2 N–H and O–H groups in total. The van der Waals surface area contributed by atoms with Crippen molar-refractivity contribution in [1.29, 1.82) is 0 Å². The first-order valence-corrected chi connectivity index (χ1v) is 6.96. The maximum atomic E-state index is 11.3. The monoisotopic (exact) mass is 241 g/mol. The van der Waals surface area contributed by atoms with E-state index in [1.54, 1.807) is 0 Å². The van der Waals surface area contributed by atoms with Crippen LogP contribution >= 0.6 is 0 Å². The molecule has 1 heterocycles. The van der Waals surface area contributed by atoms with Crippen LogP contribution in [0.25, 0.3) is 0 Å². The second-order valence-electron chi connectivity index (χ2n) is 5.08. The van der Waals surface area contributed by atoms with Crippen LogP contribution in [-0.2, 0) is 0 Å². The molecule has 1 fully saturated rings. The quantitative estimate of drug-likeness (QED) is 0.697. The van der Waals surface area contributed by atoms with Crippen LogP contribution in [0.1, 0.15) is 39.5 Å². The van der Waals surface area contributed by atoms with Crippen molar-refractivity contribution < 1.29 is 4.79 Å². The number of carbonyl (C=O) groups excluding carboxylic acids is 1. The van der Waals surface area contributed by atoms with E-state index in [4.69, 9.17) is 0 Å². The number of rotatable bonds is 6. The van der Waals surface area contributed by atoms with Crippen LogP contribution in [0.2, 0.25) is 0 Å². The summed E-state index contributed by atoms with van der Waals surface area (Å²) in [5.74, 6) is 0.838. The summed E-state index contributed by atoms with van der Waals surface area (Å²) in [6, 6.07) is -0.0288. The fourth-order valence-corrected chi connectivity index (χ4v) is 2.30. The van der Waals surface area contributed by atoms with Crippen LogP contribution < -0.4 is 10.6 Å². The number of carbonyl (C=O) groups is 1. The molecule has 0 aromatic rings. The van der Waals surface area contributed by atoms with Gasteiger partial charge in [0, 0.05) is 19.6 Å². The van der Waals surface area contributed by atoms with E-state index >= 15 is 0 Å². The predicted octanol–water partition coefficient (Wildman–Crippen LogP) is 1.82. The Morgan fingerprint density at radius 2 is 2.12 bits per heavy atom. The molecule has 1 unspecified atom stereocenters. The van der Waals surface area contributed by atoms with Gasteiger partial charge in [-0.15, -0.1) is 0 Å². The molecule has 0 bridgehead atoms. The number of piperidine rings is 1. The molecule has 1 aliphatic heterocycles. The highest BCUT2D eigenvalue weighted by molar-refractivity contribution is 5.73. The average molecular weight is 241 g/mol. The van der Waals surface area contributed by atoms with Crippen molar-refractivity contribution in [2.75, 3.05) is 32.7 Å². The highest BCUT2D eigenvalue weighted by atomic mass is 16.2. The smallest absolute Gasteiger partial charge is 0.314 e. The molecule has 1 rings (SSSR count). The van der Waals surface area contributed by atoms with Crippen LogP contribution in [0, 0.1) is 5.92 Å². The molecule has 0 aromatic carbocycles. The molecule has 0 spiro atoms. The van der Waals surface area contributed by atoms with Crippen molar-refractivity contribution in [1.82, 2.24) is 15.5 Å². The second kappa shape index (κ2) is 8.34. The van der Waals surface area contributed by atoms with Gasteiger partial charge in [-0.05, 0) is 44.7 Å². The molecule has 0 aliphatic carbocycles.